The lowest BCUT2D eigenvalue weighted by Gasteiger charge is -2.03. The Morgan fingerprint density at radius 3 is 1.05 bits per heavy atom. The first-order chi connectivity index (χ1) is 9.51. The maximum atomic E-state index is 10.6. The topological polar surface area (TPSA) is 111 Å². The van der Waals surface area contributed by atoms with Gasteiger partial charge in [-0.15, -0.1) is 0 Å². The molecule has 0 atom stereocenters. The van der Waals surface area contributed by atoms with Gasteiger partial charge in [-0.05, 0) is 27.7 Å². The molecule has 8 heteroatoms. The van der Waals surface area contributed by atoms with Crippen molar-refractivity contribution in [1.82, 2.24) is 11.0 Å². The normalized spacial score (nSPS) is 20.9. The number of rotatable bonds is 0. The van der Waals surface area contributed by atoms with Crippen LogP contribution in [-0.2, 0) is 28.9 Å². The van der Waals surface area contributed by atoms with E-state index in [2.05, 4.69) is 23.5 Å². The molecule has 0 saturated carbocycles. The van der Waals surface area contributed by atoms with Crippen LogP contribution in [0.4, 0.5) is 0 Å². The quantitative estimate of drug-likeness (QED) is 0.634. The van der Waals surface area contributed by atoms with Gasteiger partial charge in [0.1, 0.15) is 10.8 Å². The molecular formula is C13H22N2O6. The van der Waals surface area contributed by atoms with Crippen LogP contribution in [-0.4, -0.2) is 23.8 Å². The van der Waals surface area contributed by atoms with Gasteiger partial charge in [-0.25, -0.2) is 9.59 Å². The third-order valence-electron chi connectivity index (χ3n) is 2.63. The molecule has 0 radical (unpaired) electrons. The lowest BCUT2D eigenvalue weighted by Crippen LogP contribution is -2.28. The molecule has 2 fully saturated rings. The Bertz CT molecular complexity index is 366. The van der Waals surface area contributed by atoms with Gasteiger partial charge < -0.3 is 9.68 Å². The van der Waals surface area contributed by atoms with Crippen molar-refractivity contribution < 1.29 is 28.9 Å². The fourth-order valence-electron chi connectivity index (χ4n) is 0.881. The minimum absolute atomic E-state index is 0.382. The third-order valence-corrected chi connectivity index (χ3v) is 2.63. The van der Waals surface area contributed by atoms with Crippen molar-refractivity contribution in [2.24, 2.45) is 10.8 Å². The molecule has 0 aromatic carbocycles. The van der Waals surface area contributed by atoms with Crippen LogP contribution in [0.5, 0.6) is 0 Å². The van der Waals surface area contributed by atoms with Crippen LogP contribution in [0.1, 0.15) is 48.0 Å². The minimum atomic E-state index is -1.00. The largest absolute Gasteiger partial charge is 0.347 e. The zero-order valence-electron chi connectivity index (χ0n) is 13.2. The molecule has 2 N–H and O–H groups in total. The summed E-state index contributed by atoms with van der Waals surface area (Å²) in [6.45, 7) is 10.3. The lowest BCUT2D eigenvalue weighted by atomic mass is 9.94. The summed E-state index contributed by atoms with van der Waals surface area (Å²) in [5.41, 5.74) is 1.94. The van der Waals surface area contributed by atoms with Gasteiger partial charge in [-0.3, -0.25) is 9.59 Å². The first-order valence-electron chi connectivity index (χ1n) is 6.55. The fourth-order valence-corrected chi connectivity index (χ4v) is 0.881. The van der Waals surface area contributed by atoms with Crippen LogP contribution in [0.15, 0.2) is 0 Å². The summed E-state index contributed by atoms with van der Waals surface area (Å²) in [5, 5.41) is 0. The fraction of sp³-hybridized carbons (Fsp3) is 0.692. The molecular weight excluding hydrogens is 280 g/mol. The Hall–Kier alpha value is -2.12. The highest BCUT2D eigenvalue weighted by Crippen LogP contribution is 2.21. The van der Waals surface area contributed by atoms with Crippen LogP contribution in [0, 0.1) is 10.8 Å². The number of hydrogen-bond donors (Lipinski definition) is 2. The summed E-state index contributed by atoms with van der Waals surface area (Å²) in [6, 6.07) is 0. The van der Waals surface area contributed by atoms with Crippen LogP contribution in [0.2, 0.25) is 0 Å². The molecule has 0 aromatic heterocycles. The Labute approximate surface area is 123 Å². The molecule has 2 aliphatic rings. The number of carbonyl (C=O) groups excluding carboxylic acids is 4. The summed E-state index contributed by atoms with van der Waals surface area (Å²) in [4.78, 5) is 51.0. The summed E-state index contributed by atoms with van der Waals surface area (Å²) >= 11 is 0. The highest BCUT2D eigenvalue weighted by molar-refractivity contribution is 6.05. The zero-order valence-corrected chi connectivity index (χ0v) is 13.2. The first kappa shape index (κ1) is 18.9. The van der Waals surface area contributed by atoms with Gasteiger partial charge in [0.25, 0.3) is 11.8 Å². The van der Waals surface area contributed by atoms with Gasteiger partial charge in [0, 0.05) is 0 Å². The van der Waals surface area contributed by atoms with Crippen molar-refractivity contribution in [3.8, 4) is 0 Å². The predicted molar refractivity (Wildman–Crippen MR) is 72.0 cm³/mol. The van der Waals surface area contributed by atoms with Crippen molar-refractivity contribution in [3.05, 3.63) is 0 Å². The molecule has 2 heterocycles. The first-order valence-corrected chi connectivity index (χ1v) is 6.55. The van der Waals surface area contributed by atoms with E-state index in [9.17, 15) is 19.2 Å². The van der Waals surface area contributed by atoms with E-state index in [-0.39, 0.29) is 11.8 Å². The Kier molecular flexibility index (Phi) is 6.34. The molecule has 0 bridgehead atoms. The molecule has 120 valence electrons. The number of hydroxylamine groups is 2. The van der Waals surface area contributed by atoms with Gasteiger partial charge in [0.15, 0.2) is 0 Å². The van der Waals surface area contributed by atoms with Gasteiger partial charge in [-0.1, -0.05) is 20.3 Å². The number of amides is 2. The molecule has 2 rings (SSSR count). The zero-order chi connectivity index (χ0) is 16.8. The highest BCUT2D eigenvalue weighted by atomic mass is 16.7. The molecule has 0 spiro atoms. The molecule has 2 amide bonds. The van der Waals surface area contributed by atoms with Crippen molar-refractivity contribution in [3.63, 3.8) is 0 Å². The molecule has 0 aliphatic carbocycles. The average molecular weight is 302 g/mol. The molecule has 2 saturated heterocycles. The monoisotopic (exact) mass is 302 g/mol. The maximum Gasteiger partial charge on any atom is 0.347 e. The van der Waals surface area contributed by atoms with E-state index in [0.29, 0.717) is 0 Å². The van der Waals surface area contributed by atoms with E-state index in [4.69, 9.17) is 0 Å². The maximum absolute atomic E-state index is 10.6. The Morgan fingerprint density at radius 2 is 1.00 bits per heavy atom. The van der Waals surface area contributed by atoms with E-state index < -0.39 is 22.8 Å². The SMILES string of the molecule is CC1(C)C(=O)NOC1=O.CC1(C)C(=O)NOC1=O.CCC. The van der Waals surface area contributed by atoms with E-state index in [1.165, 1.54) is 34.1 Å². The molecule has 8 nitrogen and oxygen atoms in total. The average Bonchev–Trinajstić information content (AvgIpc) is 2.76. The van der Waals surface area contributed by atoms with E-state index in [1.54, 1.807) is 0 Å². The number of hydrogen-bond acceptors (Lipinski definition) is 6. The smallest absolute Gasteiger partial charge is 0.340 e. The van der Waals surface area contributed by atoms with Crippen molar-refractivity contribution >= 4 is 23.8 Å². The summed E-state index contributed by atoms with van der Waals surface area (Å²) in [5.74, 6) is -1.81. The lowest BCUT2D eigenvalue weighted by molar-refractivity contribution is -0.149. The Morgan fingerprint density at radius 1 is 0.762 bits per heavy atom. The van der Waals surface area contributed by atoms with Crippen molar-refractivity contribution in [2.45, 2.75) is 48.0 Å². The van der Waals surface area contributed by atoms with Gasteiger partial charge in [0.2, 0.25) is 0 Å². The second kappa shape index (κ2) is 7.05. The molecule has 0 aromatic rings. The van der Waals surface area contributed by atoms with Crippen LogP contribution >= 0.6 is 0 Å². The van der Waals surface area contributed by atoms with Gasteiger partial charge in [0.05, 0.1) is 0 Å². The molecule has 0 unspecified atom stereocenters. The minimum Gasteiger partial charge on any atom is -0.340 e. The molecule has 21 heavy (non-hydrogen) atoms. The Balaban J connectivity index is 0.000000322. The number of nitrogens with one attached hydrogen (secondary N) is 2. The number of carbonyl (C=O) groups is 4. The van der Waals surface area contributed by atoms with Crippen LogP contribution in [0.3, 0.4) is 0 Å². The molecule has 2 aliphatic heterocycles. The second-order valence-electron chi connectivity index (χ2n) is 5.60. The summed E-state index contributed by atoms with van der Waals surface area (Å²) < 4.78 is 0. The standard InChI is InChI=1S/2C5H7NO3.C3H8/c2*1-5(2)3(7)6-9-4(5)8;1-3-2/h2*1-2H3,(H,6,7);3H2,1-2H3. The summed E-state index contributed by atoms with van der Waals surface area (Å²) in [7, 11) is 0. The van der Waals surface area contributed by atoms with Crippen LogP contribution < -0.4 is 11.0 Å². The van der Waals surface area contributed by atoms with Crippen molar-refractivity contribution in [1.29, 1.82) is 0 Å². The second-order valence-corrected chi connectivity index (χ2v) is 5.60. The van der Waals surface area contributed by atoms with Crippen molar-refractivity contribution in [2.75, 3.05) is 0 Å². The van der Waals surface area contributed by atoms with E-state index in [1.807, 2.05) is 11.0 Å². The van der Waals surface area contributed by atoms with E-state index >= 15 is 0 Å². The van der Waals surface area contributed by atoms with Gasteiger partial charge in [-0.2, -0.15) is 11.0 Å². The highest BCUT2D eigenvalue weighted by Gasteiger charge is 2.45. The predicted octanol–water partition coefficient (Wildman–Crippen LogP) is 0.617. The van der Waals surface area contributed by atoms with Crippen LogP contribution in [0.25, 0.3) is 0 Å². The van der Waals surface area contributed by atoms with Gasteiger partial charge >= 0.3 is 11.9 Å². The summed E-state index contributed by atoms with van der Waals surface area (Å²) in [6.07, 6.45) is 1.25. The third kappa shape index (κ3) is 4.44. The van der Waals surface area contributed by atoms with E-state index in [0.717, 1.165) is 0 Å².